The molecule has 0 saturated heterocycles. The third-order valence-corrected chi connectivity index (χ3v) is 4.16. The third-order valence-electron chi connectivity index (χ3n) is 4.16. The highest BCUT2D eigenvalue weighted by Crippen LogP contribution is 2.11. The molecule has 0 aliphatic heterocycles. The molecule has 0 spiro atoms. The van der Waals surface area contributed by atoms with Gasteiger partial charge >= 0.3 is 12.0 Å². The van der Waals surface area contributed by atoms with Crippen LogP contribution in [0.15, 0.2) is 54.6 Å². The van der Waals surface area contributed by atoms with Gasteiger partial charge in [0.2, 0.25) is 0 Å². The largest absolute Gasteiger partial charge is 0.454 e. The van der Waals surface area contributed by atoms with E-state index in [-0.39, 0.29) is 11.7 Å². The molecule has 0 radical (unpaired) electrons. The molecular formula is C22H25N3O5. The molecule has 0 unspecified atom stereocenters. The molecule has 2 aromatic rings. The van der Waals surface area contributed by atoms with E-state index in [4.69, 9.17) is 4.74 Å². The fraction of sp³-hybridized carbons (Fsp3) is 0.273. The lowest BCUT2D eigenvalue weighted by Crippen LogP contribution is -2.47. The molecular weight excluding hydrogens is 386 g/mol. The van der Waals surface area contributed by atoms with Crippen LogP contribution < -0.4 is 16.0 Å². The molecule has 2 aromatic carbocycles. The molecule has 0 heterocycles. The van der Waals surface area contributed by atoms with Crippen molar-refractivity contribution in [2.45, 2.75) is 26.8 Å². The Balaban J connectivity index is 1.85. The Bertz CT molecular complexity index is 895. The van der Waals surface area contributed by atoms with E-state index < -0.39 is 30.6 Å². The molecule has 2 rings (SSSR count). The van der Waals surface area contributed by atoms with Crippen LogP contribution in [-0.4, -0.2) is 36.3 Å². The molecule has 1 atom stereocenters. The Morgan fingerprint density at radius 2 is 1.47 bits per heavy atom. The lowest BCUT2D eigenvalue weighted by Gasteiger charge is -2.21. The zero-order valence-electron chi connectivity index (χ0n) is 17.1. The van der Waals surface area contributed by atoms with Crippen LogP contribution in [0.2, 0.25) is 0 Å². The highest BCUT2D eigenvalue weighted by Gasteiger charge is 2.26. The van der Waals surface area contributed by atoms with Crippen LogP contribution in [0.5, 0.6) is 0 Å². The summed E-state index contributed by atoms with van der Waals surface area (Å²) in [5.41, 5.74) is 1.59. The maximum absolute atomic E-state index is 12.4. The van der Waals surface area contributed by atoms with Gasteiger partial charge in [-0.3, -0.25) is 9.59 Å². The summed E-state index contributed by atoms with van der Waals surface area (Å²) >= 11 is 0. The molecule has 0 aliphatic rings. The number of carbonyl (C=O) groups is 4. The number of para-hydroxylation sites is 1. The van der Waals surface area contributed by atoms with Gasteiger partial charge in [0.1, 0.15) is 6.04 Å². The Morgan fingerprint density at radius 3 is 2.03 bits per heavy atom. The van der Waals surface area contributed by atoms with Crippen molar-refractivity contribution in [3.05, 3.63) is 60.2 Å². The van der Waals surface area contributed by atoms with Gasteiger partial charge in [-0.25, -0.2) is 9.59 Å². The predicted octanol–water partition coefficient (Wildman–Crippen LogP) is 3.22. The minimum Gasteiger partial charge on any atom is -0.454 e. The number of hydrogen-bond donors (Lipinski definition) is 3. The van der Waals surface area contributed by atoms with E-state index in [9.17, 15) is 19.2 Å². The molecule has 8 heteroatoms. The topological polar surface area (TPSA) is 114 Å². The molecule has 3 N–H and O–H groups in total. The van der Waals surface area contributed by atoms with Gasteiger partial charge in [-0.15, -0.1) is 0 Å². The van der Waals surface area contributed by atoms with Crippen LogP contribution in [0.4, 0.5) is 16.2 Å². The number of nitrogens with one attached hydrogen (secondary N) is 3. The van der Waals surface area contributed by atoms with Gasteiger partial charge in [0.05, 0.1) is 0 Å². The van der Waals surface area contributed by atoms with Crippen molar-refractivity contribution in [1.82, 2.24) is 5.32 Å². The highest BCUT2D eigenvalue weighted by atomic mass is 16.5. The van der Waals surface area contributed by atoms with Gasteiger partial charge in [0.15, 0.2) is 12.4 Å². The first-order valence-electron chi connectivity index (χ1n) is 9.46. The minimum absolute atomic E-state index is 0.0784. The van der Waals surface area contributed by atoms with Crippen molar-refractivity contribution in [3.63, 3.8) is 0 Å². The van der Waals surface area contributed by atoms with Gasteiger partial charge in [0.25, 0.3) is 5.91 Å². The lowest BCUT2D eigenvalue weighted by atomic mass is 10.1. The summed E-state index contributed by atoms with van der Waals surface area (Å²) in [5.74, 6) is -1.57. The van der Waals surface area contributed by atoms with Crippen LogP contribution >= 0.6 is 0 Å². The molecule has 8 nitrogen and oxygen atoms in total. The predicted molar refractivity (Wildman–Crippen MR) is 113 cm³/mol. The van der Waals surface area contributed by atoms with E-state index in [0.29, 0.717) is 16.9 Å². The summed E-state index contributed by atoms with van der Waals surface area (Å²) in [6.07, 6.45) is 0. The summed E-state index contributed by atoms with van der Waals surface area (Å²) in [4.78, 5) is 47.8. The van der Waals surface area contributed by atoms with Crippen molar-refractivity contribution in [2.75, 3.05) is 17.2 Å². The third kappa shape index (κ3) is 7.05. The average molecular weight is 411 g/mol. The molecule has 3 amide bonds. The molecule has 0 saturated carbocycles. The van der Waals surface area contributed by atoms with E-state index in [0.717, 1.165) is 0 Å². The number of carbonyl (C=O) groups excluding carboxylic acids is 4. The van der Waals surface area contributed by atoms with Crippen LogP contribution in [0.25, 0.3) is 0 Å². The quantitative estimate of drug-likeness (QED) is 0.456. The highest BCUT2D eigenvalue weighted by molar-refractivity contribution is 5.97. The standard InChI is InChI=1S/C22H25N3O5/c1-14(2)20(25-22(29)24-17-7-5-4-6-8-17)21(28)30-13-19(27)23-18-11-9-16(10-12-18)15(3)26/h4-12,14,20H,13H2,1-3H3,(H,23,27)(H2,24,25,29)/t20-/m1/s1. The van der Waals surface area contributed by atoms with Crippen molar-refractivity contribution < 1.29 is 23.9 Å². The number of urea groups is 1. The lowest BCUT2D eigenvalue weighted by molar-refractivity contribution is -0.150. The zero-order chi connectivity index (χ0) is 22.1. The first-order chi connectivity index (χ1) is 14.3. The molecule has 0 aliphatic carbocycles. The van der Waals surface area contributed by atoms with Gasteiger partial charge < -0.3 is 20.7 Å². The summed E-state index contributed by atoms with van der Waals surface area (Å²) < 4.78 is 5.06. The number of hydrogen-bond acceptors (Lipinski definition) is 5. The van der Waals surface area contributed by atoms with Gasteiger partial charge in [-0.05, 0) is 49.2 Å². The van der Waals surface area contributed by atoms with Crippen LogP contribution in [0.1, 0.15) is 31.1 Å². The molecule has 0 bridgehead atoms. The Morgan fingerprint density at radius 1 is 0.867 bits per heavy atom. The van der Waals surface area contributed by atoms with Crippen molar-refractivity contribution in [2.24, 2.45) is 5.92 Å². The Hall–Kier alpha value is -3.68. The Labute approximate surface area is 175 Å². The first kappa shape index (κ1) is 22.6. The van der Waals surface area contributed by atoms with Gasteiger partial charge in [-0.2, -0.15) is 0 Å². The van der Waals surface area contributed by atoms with Crippen molar-refractivity contribution in [1.29, 1.82) is 0 Å². The van der Waals surface area contributed by atoms with Gasteiger partial charge in [-0.1, -0.05) is 32.0 Å². The van der Waals surface area contributed by atoms with E-state index in [1.807, 2.05) is 6.07 Å². The number of ether oxygens (including phenoxy) is 1. The number of rotatable bonds is 8. The zero-order valence-corrected chi connectivity index (χ0v) is 17.1. The molecule has 0 fully saturated rings. The number of esters is 1. The second-order valence-corrected chi connectivity index (χ2v) is 6.98. The van der Waals surface area contributed by atoms with Crippen LogP contribution in [0.3, 0.4) is 0 Å². The normalized spacial score (nSPS) is 11.3. The van der Waals surface area contributed by atoms with Crippen LogP contribution in [-0.2, 0) is 14.3 Å². The average Bonchev–Trinajstić information content (AvgIpc) is 2.71. The fourth-order valence-electron chi connectivity index (χ4n) is 2.54. The molecule has 30 heavy (non-hydrogen) atoms. The van der Waals surface area contributed by atoms with Crippen molar-refractivity contribution >= 4 is 35.1 Å². The molecule has 0 aromatic heterocycles. The minimum atomic E-state index is -0.920. The smallest absolute Gasteiger partial charge is 0.329 e. The number of amides is 3. The van der Waals surface area contributed by atoms with Gasteiger partial charge in [0, 0.05) is 16.9 Å². The number of Topliss-reactive ketones (excluding diaryl/α,β-unsaturated/α-hetero) is 1. The van der Waals surface area contributed by atoms with E-state index >= 15 is 0 Å². The number of benzene rings is 2. The summed E-state index contributed by atoms with van der Waals surface area (Å²) in [5, 5.41) is 7.78. The van der Waals surface area contributed by atoms with Crippen LogP contribution in [0, 0.1) is 5.92 Å². The maximum Gasteiger partial charge on any atom is 0.329 e. The molecule has 158 valence electrons. The monoisotopic (exact) mass is 411 g/mol. The summed E-state index contributed by atoms with van der Waals surface area (Å²) in [6.45, 7) is 4.46. The number of ketones is 1. The van der Waals surface area contributed by atoms with E-state index in [2.05, 4.69) is 16.0 Å². The summed E-state index contributed by atoms with van der Waals surface area (Å²) in [7, 11) is 0. The fourth-order valence-corrected chi connectivity index (χ4v) is 2.54. The van der Waals surface area contributed by atoms with E-state index in [1.54, 1.807) is 62.4 Å². The number of anilines is 2. The first-order valence-corrected chi connectivity index (χ1v) is 9.46. The van der Waals surface area contributed by atoms with Crippen molar-refractivity contribution in [3.8, 4) is 0 Å². The SMILES string of the molecule is CC(=O)c1ccc(NC(=O)COC(=O)[C@H](NC(=O)Nc2ccccc2)C(C)C)cc1. The van der Waals surface area contributed by atoms with E-state index in [1.165, 1.54) is 6.92 Å². The Kier molecular flexibility index (Phi) is 8.10. The second kappa shape index (κ2) is 10.8. The second-order valence-electron chi connectivity index (χ2n) is 6.98. The summed E-state index contributed by atoms with van der Waals surface area (Å²) in [6, 6.07) is 13.7. The maximum atomic E-state index is 12.4.